The molecule has 0 atom stereocenters. The Balaban J connectivity index is 1.77. The number of hydrogen-bond donors (Lipinski definition) is 3. The molecule has 0 unspecified atom stereocenters. The molecule has 0 bridgehead atoms. The van der Waals surface area contributed by atoms with Crippen molar-refractivity contribution in [1.82, 2.24) is 15.3 Å². The summed E-state index contributed by atoms with van der Waals surface area (Å²) in [6.45, 7) is 0.528. The number of phenolic OH excluding ortho intramolecular Hbond substituents is 1. The van der Waals surface area contributed by atoms with Crippen LogP contribution in [0.4, 0.5) is 0 Å². The van der Waals surface area contributed by atoms with E-state index in [2.05, 4.69) is 15.3 Å². The number of carbonyl (C=O) groups is 1. The van der Waals surface area contributed by atoms with Gasteiger partial charge in [-0.2, -0.15) is 0 Å². The maximum Gasteiger partial charge on any atom is 0.224 e. The third-order valence-electron chi connectivity index (χ3n) is 2.58. The lowest BCUT2D eigenvalue weighted by Gasteiger charge is -2.05. The topological polar surface area (TPSA) is 78.0 Å². The number of carbonyl (C=O) groups excluding carboxylic acids is 1. The SMILES string of the molecule is O=C(Cc1ccccc1O)NCCc1ncc[nH]1. The minimum atomic E-state index is -0.108. The molecule has 5 heteroatoms. The van der Waals surface area contributed by atoms with Crippen LogP contribution in [0.15, 0.2) is 36.7 Å². The number of nitrogens with one attached hydrogen (secondary N) is 2. The van der Waals surface area contributed by atoms with Gasteiger partial charge in [0.15, 0.2) is 0 Å². The standard InChI is InChI=1S/C13H15N3O2/c17-11-4-2-1-3-10(11)9-13(18)16-6-5-12-14-7-8-15-12/h1-4,7-8,17H,5-6,9H2,(H,14,15)(H,16,18). The molecule has 0 fully saturated rings. The van der Waals surface area contributed by atoms with E-state index in [0.717, 1.165) is 5.82 Å². The summed E-state index contributed by atoms with van der Waals surface area (Å²) >= 11 is 0. The Kier molecular flexibility index (Phi) is 3.96. The van der Waals surface area contributed by atoms with Crippen LogP contribution < -0.4 is 5.32 Å². The molecule has 0 aliphatic carbocycles. The molecule has 1 aromatic heterocycles. The Labute approximate surface area is 105 Å². The number of aromatic nitrogens is 2. The zero-order valence-electron chi connectivity index (χ0n) is 9.89. The highest BCUT2D eigenvalue weighted by molar-refractivity contribution is 5.79. The van der Waals surface area contributed by atoms with E-state index in [-0.39, 0.29) is 18.1 Å². The zero-order chi connectivity index (χ0) is 12.8. The van der Waals surface area contributed by atoms with Crippen LogP contribution >= 0.6 is 0 Å². The Morgan fingerprint density at radius 1 is 1.39 bits per heavy atom. The van der Waals surface area contributed by atoms with Crippen molar-refractivity contribution in [2.75, 3.05) is 6.54 Å². The van der Waals surface area contributed by atoms with Crippen molar-refractivity contribution < 1.29 is 9.90 Å². The molecule has 1 heterocycles. The minimum absolute atomic E-state index is 0.108. The van der Waals surface area contributed by atoms with E-state index in [4.69, 9.17) is 0 Å². The van der Waals surface area contributed by atoms with E-state index in [0.29, 0.717) is 18.5 Å². The van der Waals surface area contributed by atoms with E-state index in [1.54, 1.807) is 36.7 Å². The average molecular weight is 245 g/mol. The van der Waals surface area contributed by atoms with Crippen molar-refractivity contribution >= 4 is 5.91 Å². The van der Waals surface area contributed by atoms with E-state index in [1.165, 1.54) is 0 Å². The number of phenols is 1. The van der Waals surface area contributed by atoms with Crippen molar-refractivity contribution in [2.24, 2.45) is 0 Å². The molecule has 1 aromatic carbocycles. The average Bonchev–Trinajstić information content (AvgIpc) is 2.85. The molecule has 0 spiro atoms. The third kappa shape index (κ3) is 3.35. The quantitative estimate of drug-likeness (QED) is 0.735. The lowest BCUT2D eigenvalue weighted by Crippen LogP contribution is -2.27. The lowest BCUT2D eigenvalue weighted by atomic mass is 10.1. The lowest BCUT2D eigenvalue weighted by molar-refractivity contribution is -0.120. The number of H-pyrrole nitrogens is 1. The summed E-state index contributed by atoms with van der Waals surface area (Å²) in [6.07, 6.45) is 4.28. The van der Waals surface area contributed by atoms with Crippen LogP contribution in [-0.2, 0) is 17.6 Å². The fourth-order valence-corrected chi connectivity index (χ4v) is 1.65. The van der Waals surface area contributed by atoms with Gasteiger partial charge in [0.1, 0.15) is 11.6 Å². The van der Waals surface area contributed by atoms with Crippen LogP contribution in [-0.4, -0.2) is 27.5 Å². The number of aromatic hydroxyl groups is 1. The van der Waals surface area contributed by atoms with Gasteiger partial charge >= 0.3 is 0 Å². The molecule has 0 saturated carbocycles. The second-order valence-electron chi connectivity index (χ2n) is 3.94. The Bertz CT molecular complexity index is 509. The van der Waals surface area contributed by atoms with Crippen LogP contribution in [0.25, 0.3) is 0 Å². The number of nitrogens with zero attached hydrogens (tertiary/aromatic N) is 1. The van der Waals surface area contributed by atoms with Gasteiger partial charge in [-0.15, -0.1) is 0 Å². The summed E-state index contributed by atoms with van der Waals surface area (Å²) in [6, 6.07) is 6.84. The molecule has 18 heavy (non-hydrogen) atoms. The normalized spacial score (nSPS) is 10.2. The fourth-order valence-electron chi connectivity index (χ4n) is 1.65. The van der Waals surface area contributed by atoms with Crippen LogP contribution in [0.3, 0.4) is 0 Å². The van der Waals surface area contributed by atoms with Gasteiger partial charge in [-0.25, -0.2) is 4.98 Å². The minimum Gasteiger partial charge on any atom is -0.508 e. The van der Waals surface area contributed by atoms with Gasteiger partial charge in [-0.3, -0.25) is 4.79 Å². The fraction of sp³-hybridized carbons (Fsp3) is 0.231. The molecule has 2 rings (SSSR count). The van der Waals surface area contributed by atoms with E-state index in [1.807, 2.05) is 0 Å². The highest BCUT2D eigenvalue weighted by Crippen LogP contribution is 2.15. The van der Waals surface area contributed by atoms with Crippen molar-refractivity contribution in [1.29, 1.82) is 0 Å². The summed E-state index contributed by atoms with van der Waals surface area (Å²) in [5, 5.41) is 12.3. The first-order valence-corrected chi connectivity index (χ1v) is 5.77. The monoisotopic (exact) mass is 245 g/mol. The van der Waals surface area contributed by atoms with Gasteiger partial charge in [-0.1, -0.05) is 18.2 Å². The van der Waals surface area contributed by atoms with Crippen molar-refractivity contribution in [2.45, 2.75) is 12.8 Å². The number of aromatic amines is 1. The first kappa shape index (κ1) is 12.2. The summed E-state index contributed by atoms with van der Waals surface area (Å²) < 4.78 is 0. The first-order chi connectivity index (χ1) is 8.75. The number of rotatable bonds is 5. The Morgan fingerprint density at radius 2 is 2.22 bits per heavy atom. The Morgan fingerprint density at radius 3 is 2.94 bits per heavy atom. The number of benzene rings is 1. The molecule has 5 nitrogen and oxygen atoms in total. The van der Waals surface area contributed by atoms with Crippen LogP contribution in [0.1, 0.15) is 11.4 Å². The van der Waals surface area contributed by atoms with Gasteiger partial charge in [0.25, 0.3) is 0 Å². The van der Waals surface area contributed by atoms with Gasteiger partial charge in [-0.05, 0) is 6.07 Å². The molecule has 2 aromatic rings. The second kappa shape index (κ2) is 5.86. The molecule has 94 valence electrons. The molecule has 3 N–H and O–H groups in total. The van der Waals surface area contributed by atoms with Crippen molar-refractivity contribution in [3.8, 4) is 5.75 Å². The molecule has 0 saturated heterocycles. The van der Waals surface area contributed by atoms with Gasteiger partial charge in [0.2, 0.25) is 5.91 Å². The predicted octanol–water partition coefficient (Wildman–Crippen LogP) is 1.02. The smallest absolute Gasteiger partial charge is 0.224 e. The van der Waals surface area contributed by atoms with Crippen LogP contribution in [0, 0.1) is 0 Å². The van der Waals surface area contributed by atoms with Gasteiger partial charge in [0, 0.05) is 30.9 Å². The Hall–Kier alpha value is -2.30. The summed E-state index contributed by atoms with van der Waals surface area (Å²) in [4.78, 5) is 18.7. The summed E-state index contributed by atoms with van der Waals surface area (Å²) in [7, 11) is 0. The molecule has 0 aliphatic rings. The second-order valence-corrected chi connectivity index (χ2v) is 3.94. The maximum absolute atomic E-state index is 11.6. The highest BCUT2D eigenvalue weighted by atomic mass is 16.3. The summed E-state index contributed by atoms with van der Waals surface area (Å²) in [5.41, 5.74) is 0.632. The van der Waals surface area contributed by atoms with Gasteiger partial charge in [0.05, 0.1) is 6.42 Å². The van der Waals surface area contributed by atoms with Crippen LogP contribution in [0.5, 0.6) is 5.75 Å². The van der Waals surface area contributed by atoms with Gasteiger partial charge < -0.3 is 15.4 Å². The molecule has 0 aliphatic heterocycles. The van der Waals surface area contributed by atoms with E-state index in [9.17, 15) is 9.90 Å². The highest BCUT2D eigenvalue weighted by Gasteiger charge is 2.06. The maximum atomic E-state index is 11.6. The zero-order valence-corrected chi connectivity index (χ0v) is 9.89. The predicted molar refractivity (Wildman–Crippen MR) is 67.1 cm³/mol. The van der Waals surface area contributed by atoms with E-state index < -0.39 is 0 Å². The third-order valence-corrected chi connectivity index (χ3v) is 2.58. The van der Waals surface area contributed by atoms with E-state index >= 15 is 0 Å². The summed E-state index contributed by atoms with van der Waals surface area (Å²) in [5.74, 6) is 0.889. The number of para-hydroxylation sites is 1. The molecular formula is C13H15N3O2. The molecule has 1 amide bonds. The molecular weight excluding hydrogens is 230 g/mol. The number of hydrogen-bond acceptors (Lipinski definition) is 3. The number of amides is 1. The molecule has 0 radical (unpaired) electrons. The first-order valence-electron chi connectivity index (χ1n) is 5.77. The number of imidazole rings is 1. The largest absolute Gasteiger partial charge is 0.508 e. The van der Waals surface area contributed by atoms with Crippen molar-refractivity contribution in [3.63, 3.8) is 0 Å². The van der Waals surface area contributed by atoms with Crippen LogP contribution in [0.2, 0.25) is 0 Å². The van der Waals surface area contributed by atoms with Crippen molar-refractivity contribution in [3.05, 3.63) is 48.0 Å².